The van der Waals surface area contributed by atoms with Crippen molar-refractivity contribution in [3.8, 4) is 0 Å². The van der Waals surface area contributed by atoms with Gasteiger partial charge in [-0.2, -0.15) is 0 Å². The fourth-order valence-corrected chi connectivity index (χ4v) is 3.71. The third-order valence-corrected chi connectivity index (χ3v) is 5.35. The van der Waals surface area contributed by atoms with Crippen molar-refractivity contribution in [2.75, 3.05) is 13.1 Å². The summed E-state index contributed by atoms with van der Waals surface area (Å²) in [7, 11) is 0. The van der Waals surface area contributed by atoms with E-state index in [2.05, 4.69) is 5.32 Å². The molecule has 0 aromatic heterocycles. The number of rotatable bonds is 7. The molecule has 2 aromatic carbocycles. The van der Waals surface area contributed by atoms with Crippen LogP contribution in [-0.2, 0) is 9.59 Å². The molecule has 0 aliphatic carbocycles. The van der Waals surface area contributed by atoms with Crippen molar-refractivity contribution in [2.24, 2.45) is 5.92 Å². The van der Waals surface area contributed by atoms with Gasteiger partial charge in [0.2, 0.25) is 5.91 Å². The Balaban J connectivity index is 1.65. The Morgan fingerprint density at radius 1 is 0.966 bits per heavy atom. The highest BCUT2D eigenvalue weighted by Crippen LogP contribution is 2.24. The summed E-state index contributed by atoms with van der Waals surface area (Å²) in [5.41, 5.74) is 1.43. The first-order valence-corrected chi connectivity index (χ1v) is 9.93. The molecule has 29 heavy (non-hydrogen) atoms. The highest BCUT2D eigenvalue weighted by molar-refractivity contribution is 5.94. The maximum absolute atomic E-state index is 12.9. The van der Waals surface area contributed by atoms with Gasteiger partial charge in [0.15, 0.2) is 0 Å². The Morgan fingerprint density at radius 2 is 1.55 bits per heavy atom. The molecule has 1 aliphatic heterocycles. The molecule has 0 radical (unpaired) electrons. The molecule has 0 bridgehead atoms. The first kappa shape index (κ1) is 20.6. The quantitative estimate of drug-likeness (QED) is 0.755. The summed E-state index contributed by atoms with van der Waals surface area (Å²) in [6.07, 6.45) is 1.73. The van der Waals surface area contributed by atoms with Crippen LogP contribution >= 0.6 is 0 Å². The lowest BCUT2D eigenvalue weighted by molar-refractivity contribution is -0.138. The highest BCUT2D eigenvalue weighted by Gasteiger charge is 2.27. The normalized spacial score (nSPS) is 15.5. The van der Waals surface area contributed by atoms with Crippen molar-refractivity contribution >= 4 is 17.8 Å². The Bertz CT molecular complexity index is 830. The van der Waals surface area contributed by atoms with Crippen LogP contribution in [-0.4, -0.2) is 40.9 Å². The Labute approximate surface area is 170 Å². The smallest absolute Gasteiger partial charge is 0.303 e. The van der Waals surface area contributed by atoms with Gasteiger partial charge in [-0.3, -0.25) is 14.4 Å². The molecule has 2 N–H and O–H groups in total. The molecule has 1 heterocycles. The molecule has 0 saturated carbocycles. The molecule has 6 heteroatoms. The zero-order valence-corrected chi connectivity index (χ0v) is 16.3. The average molecular weight is 394 g/mol. The number of amides is 2. The minimum atomic E-state index is -0.789. The Hall–Kier alpha value is -3.15. The second-order valence-electron chi connectivity index (χ2n) is 7.43. The van der Waals surface area contributed by atoms with Crippen LogP contribution in [0.1, 0.15) is 47.6 Å². The van der Waals surface area contributed by atoms with E-state index < -0.39 is 12.0 Å². The summed E-state index contributed by atoms with van der Waals surface area (Å²) in [5, 5.41) is 11.9. The van der Waals surface area contributed by atoms with Crippen LogP contribution in [0.3, 0.4) is 0 Å². The van der Waals surface area contributed by atoms with Crippen LogP contribution in [0.4, 0.5) is 0 Å². The van der Waals surface area contributed by atoms with Crippen molar-refractivity contribution in [1.29, 1.82) is 0 Å². The van der Waals surface area contributed by atoms with Gasteiger partial charge in [0, 0.05) is 25.1 Å². The number of carbonyl (C=O) groups excluding carboxylic acids is 2. The number of carboxylic acid groups (broad SMARTS) is 1. The Morgan fingerprint density at radius 3 is 2.14 bits per heavy atom. The number of hydrogen-bond donors (Lipinski definition) is 2. The molecule has 1 saturated heterocycles. The number of nitrogens with one attached hydrogen (secondary N) is 1. The van der Waals surface area contributed by atoms with Gasteiger partial charge in [-0.1, -0.05) is 48.5 Å². The van der Waals surface area contributed by atoms with Crippen molar-refractivity contribution in [3.63, 3.8) is 0 Å². The van der Waals surface area contributed by atoms with Crippen LogP contribution in [0.5, 0.6) is 0 Å². The molecule has 152 valence electrons. The lowest BCUT2D eigenvalue weighted by atomic mass is 9.93. The molecule has 2 aromatic rings. The van der Waals surface area contributed by atoms with E-state index >= 15 is 0 Å². The van der Waals surface area contributed by atoms with E-state index in [1.807, 2.05) is 36.4 Å². The average Bonchev–Trinajstić information content (AvgIpc) is 2.74. The largest absolute Gasteiger partial charge is 0.481 e. The number of carbonyl (C=O) groups is 3. The number of benzene rings is 2. The van der Waals surface area contributed by atoms with Crippen molar-refractivity contribution < 1.29 is 19.5 Å². The van der Waals surface area contributed by atoms with Crippen LogP contribution in [0, 0.1) is 5.92 Å². The van der Waals surface area contributed by atoms with Gasteiger partial charge in [-0.05, 0) is 36.5 Å². The summed E-state index contributed by atoms with van der Waals surface area (Å²) in [6.45, 7) is 1.12. The van der Waals surface area contributed by atoms with E-state index in [9.17, 15) is 14.4 Å². The van der Waals surface area contributed by atoms with Crippen molar-refractivity contribution in [1.82, 2.24) is 10.2 Å². The zero-order chi connectivity index (χ0) is 20.6. The molecule has 1 atom stereocenters. The van der Waals surface area contributed by atoms with Gasteiger partial charge in [-0.15, -0.1) is 0 Å². The maximum Gasteiger partial charge on any atom is 0.303 e. The number of carboxylic acids is 1. The molecule has 0 unspecified atom stereocenters. The fourth-order valence-electron chi connectivity index (χ4n) is 3.71. The summed E-state index contributed by atoms with van der Waals surface area (Å²) < 4.78 is 0. The predicted molar refractivity (Wildman–Crippen MR) is 109 cm³/mol. The minimum absolute atomic E-state index is 0.0269. The summed E-state index contributed by atoms with van der Waals surface area (Å²) in [5.74, 6) is -0.907. The number of aliphatic carboxylic acids is 1. The predicted octanol–water partition coefficient (Wildman–Crippen LogP) is 3.26. The molecule has 1 fully saturated rings. The molecule has 0 spiro atoms. The van der Waals surface area contributed by atoms with Gasteiger partial charge in [0.25, 0.3) is 5.91 Å². The minimum Gasteiger partial charge on any atom is -0.481 e. The molecule has 2 amide bonds. The van der Waals surface area contributed by atoms with Crippen molar-refractivity contribution in [3.05, 3.63) is 71.8 Å². The second kappa shape index (κ2) is 9.87. The van der Waals surface area contributed by atoms with Crippen LogP contribution < -0.4 is 5.32 Å². The van der Waals surface area contributed by atoms with E-state index in [4.69, 9.17) is 5.11 Å². The van der Waals surface area contributed by atoms with E-state index in [0.717, 1.165) is 5.56 Å². The molecular formula is C23H26N2O4. The first-order chi connectivity index (χ1) is 14.0. The van der Waals surface area contributed by atoms with Gasteiger partial charge < -0.3 is 15.3 Å². The fraction of sp³-hybridized carbons (Fsp3) is 0.348. The summed E-state index contributed by atoms with van der Waals surface area (Å²) >= 11 is 0. The van der Waals surface area contributed by atoms with Gasteiger partial charge >= 0.3 is 5.97 Å². The zero-order valence-electron chi connectivity index (χ0n) is 16.3. The van der Waals surface area contributed by atoms with Crippen LogP contribution in [0.2, 0.25) is 0 Å². The molecular weight excluding hydrogens is 368 g/mol. The molecule has 6 nitrogen and oxygen atoms in total. The highest BCUT2D eigenvalue weighted by atomic mass is 16.4. The lowest BCUT2D eigenvalue weighted by Gasteiger charge is -2.32. The lowest BCUT2D eigenvalue weighted by Crippen LogP contribution is -2.41. The number of nitrogens with zero attached hydrogens (tertiary/aromatic N) is 1. The number of hydrogen-bond acceptors (Lipinski definition) is 3. The van der Waals surface area contributed by atoms with E-state index in [1.165, 1.54) is 0 Å². The third kappa shape index (κ3) is 5.91. The number of likely N-dealkylation sites (tertiary alicyclic amines) is 1. The topological polar surface area (TPSA) is 86.7 Å². The van der Waals surface area contributed by atoms with Gasteiger partial charge in [0.05, 0.1) is 12.5 Å². The number of piperidine rings is 1. The van der Waals surface area contributed by atoms with Crippen LogP contribution in [0.15, 0.2) is 60.7 Å². The van der Waals surface area contributed by atoms with E-state index in [0.29, 0.717) is 31.5 Å². The standard InChI is InChI=1S/C23H26N2O4/c26-21(25-13-11-17(12-14-25)15-22(27)28)16-20(18-7-3-1-4-8-18)24-23(29)19-9-5-2-6-10-19/h1-10,17,20H,11-16H2,(H,24,29)(H,27,28)/t20-/m1/s1. The van der Waals surface area contributed by atoms with Crippen LogP contribution in [0.25, 0.3) is 0 Å². The molecule has 1 aliphatic rings. The molecule has 3 rings (SSSR count). The SMILES string of the molecule is O=C(O)CC1CCN(C(=O)C[C@@H](NC(=O)c2ccccc2)c2ccccc2)CC1. The van der Waals surface area contributed by atoms with Crippen molar-refractivity contribution in [2.45, 2.75) is 31.7 Å². The van der Waals surface area contributed by atoms with E-state index in [1.54, 1.807) is 29.2 Å². The Kier molecular flexibility index (Phi) is 7.00. The van der Waals surface area contributed by atoms with E-state index in [-0.39, 0.29) is 30.6 Å². The summed E-state index contributed by atoms with van der Waals surface area (Å²) in [6, 6.07) is 18.0. The second-order valence-corrected chi connectivity index (χ2v) is 7.43. The monoisotopic (exact) mass is 394 g/mol. The van der Waals surface area contributed by atoms with Gasteiger partial charge in [-0.25, -0.2) is 0 Å². The third-order valence-electron chi connectivity index (χ3n) is 5.35. The maximum atomic E-state index is 12.9. The summed E-state index contributed by atoms with van der Waals surface area (Å²) in [4.78, 5) is 38.2. The van der Waals surface area contributed by atoms with Gasteiger partial charge in [0.1, 0.15) is 0 Å². The first-order valence-electron chi connectivity index (χ1n) is 9.93.